The van der Waals surface area contributed by atoms with Gasteiger partial charge < -0.3 is 5.73 Å². The van der Waals surface area contributed by atoms with Crippen LogP contribution in [0.1, 0.15) is 5.56 Å². The Hall–Kier alpha value is -1.86. The summed E-state index contributed by atoms with van der Waals surface area (Å²) in [5, 5.41) is 0.288. The average Bonchev–Trinajstić information content (AvgIpc) is 2.31. The van der Waals surface area contributed by atoms with Crippen molar-refractivity contribution in [2.45, 2.75) is 11.8 Å². The molecule has 2 aromatic rings. The van der Waals surface area contributed by atoms with Gasteiger partial charge in [0.25, 0.3) is 10.0 Å². The third kappa shape index (κ3) is 3.25. The molecule has 4 nitrogen and oxygen atoms in total. The quantitative estimate of drug-likeness (QED) is 0.847. The van der Waals surface area contributed by atoms with E-state index in [0.717, 1.165) is 12.1 Å². The van der Waals surface area contributed by atoms with E-state index < -0.39 is 26.6 Å². The zero-order chi connectivity index (χ0) is 15.8. The number of hydrogen-bond acceptors (Lipinski definition) is 3. The van der Waals surface area contributed by atoms with Gasteiger partial charge in [-0.05, 0) is 36.8 Å². The van der Waals surface area contributed by atoms with Crippen LogP contribution in [0.25, 0.3) is 0 Å². The zero-order valence-electron chi connectivity index (χ0n) is 10.8. The van der Waals surface area contributed by atoms with Gasteiger partial charge in [-0.25, -0.2) is 17.2 Å². The molecule has 0 fully saturated rings. The second-order valence-corrected chi connectivity index (χ2v) is 6.43. The van der Waals surface area contributed by atoms with Crippen LogP contribution in [0.5, 0.6) is 0 Å². The summed E-state index contributed by atoms with van der Waals surface area (Å²) >= 11 is 5.78. The number of hydrogen-bond donors (Lipinski definition) is 2. The molecule has 0 heterocycles. The molecule has 2 aromatic carbocycles. The molecule has 0 bridgehead atoms. The fraction of sp³-hybridized carbons (Fsp3) is 0.0769. The number of aryl methyl sites for hydroxylation is 1. The van der Waals surface area contributed by atoms with E-state index >= 15 is 0 Å². The Labute approximate surface area is 125 Å². The third-order valence-corrected chi connectivity index (χ3v) is 4.38. The molecule has 0 aliphatic carbocycles. The highest BCUT2D eigenvalue weighted by Gasteiger charge is 2.25. The summed E-state index contributed by atoms with van der Waals surface area (Å²) < 4.78 is 53.8. The molecule has 8 heteroatoms. The molecule has 0 aromatic heterocycles. The molecule has 0 radical (unpaired) electrons. The van der Waals surface area contributed by atoms with Gasteiger partial charge >= 0.3 is 0 Å². The first kappa shape index (κ1) is 15.5. The normalized spacial score (nSPS) is 11.4. The molecule has 21 heavy (non-hydrogen) atoms. The van der Waals surface area contributed by atoms with E-state index in [-0.39, 0.29) is 16.4 Å². The fourth-order valence-electron chi connectivity index (χ4n) is 1.74. The monoisotopic (exact) mass is 332 g/mol. The van der Waals surface area contributed by atoms with Gasteiger partial charge in [0.15, 0.2) is 4.90 Å². The molecule has 0 unspecified atom stereocenters. The van der Waals surface area contributed by atoms with Crippen LogP contribution in [0.2, 0.25) is 5.02 Å². The molecule has 112 valence electrons. The number of rotatable bonds is 3. The largest absolute Gasteiger partial charge is 0.399 e. The predicted molar refractivity (Wildman–Crippen MR) is 77.8 cm³/mol. The Balaban J connectivity index is 2.51. The molecule has 0 spiro atoms. The molecule has 0 aliphatic heterocycles. The SMILES string of the molecule is Cc1ccc(Cl)cc1NS(=O)(=O)c1c(F)cc(N)cc1F. The second kappa shape index (κ2) is 5.50. The highest BCUT2D eigenvalue weighted by molar-refractivity contribution is 7.92. The lowest BCUT2D eigenvalue weighted by molar-refractivity contribution is 0.522. The first-order valence-corrected chi connectivity index (χ1v) is 7.60. The second-order valence-electron chi connectivity index (χ2n) is 4.38. The van der Waals surface area contributed by atoms with Crippen LogP contribution >= 0.6 is 11.6 Å². The zero-order valence-corrected chi connectivity index (χ0v) is 12.4. The third-order valence-electron chi connectivity index (χ3n) is 2.73. The van der Waals surface area contributed by atoms with E-state index in [1.54, 1.807) is 19.1 Å². The number of sulfonamides is 1. The number of benzene rings is 2. The number of nitrogens with two attached hydrogens (primary N) is 1. The van der Waals surface area contributed by atoms with Gasteiger partial charge in [-0.3, -0.25) is 4.72 Å². The summed E-state index contributed by atoms with van der Waals surface area (Å²) in [6.45, 7) is 1.63. The lowest BCUT2D eigenvalue weighted by Gasteiger charge is -2.12. The molecule has 3 N–H and O–H groups in total. The first-order chi connectivity index (χ1) is 9.70. The minimum Gasteiger partial charge on any atom is -0.399 e. The van der Waals surface area contributed by atoms with Crippen LogP contribution in [0, 0.1) is 18.6 Å². The maximum atomic E-state index is 13.7. The lowest BCUT2D eigenvalue weighted by Crippen LogP contribution is -2.17. The van der Waals surface area contributed by atoms with Crippen molar-refractivity contribution in [2.75, 3.05) is 10.5 Å². The van der Waals surface area contributed by atoms with Crippen molar-refractivity contribution in [3.63, 3.8) is 0 Å². The predicted octanol–water partition coefficient (Wildman–Crippen LogP) is 3.31. The molecule has 0 aliphatic rings. The smallest absolute Gasteiger partial charge is 0.267 e. The van der Waals surface area contributed by atoms with Gasteiger partial charge in [0.2, 0.25) is 0 Å². The Kier molecular flexibility index (Phi) is 4.06. The van der Waals surface area contributed by atoms with Gasteiger partial charge in [-0.1, -0.05) is 17.7 Å². The van der Waals surface area contributed by atoms with Crippen LogP contribution in [0.4, 0.5) is 20.2 Å². The lowest BCUT2D eigenvalue weighted by atomic mass is 10.2. The van der Waals surface area contributed by atoms with Crippen molar-refractivity contribution < 1.29 is 17.2 Å². The van der Waals surface area contributed by atoms with Crippen molar-refractivity contribution >= 4 is 33.0 Å². The molecular formula is C13H11ClF2N2O2S. The van der Waals surface area contributed by atoms with Gasteiger partial charge in [0.1, 0.15) is 11.6 Å². The van der Waals surface area contributed by atoms with E-state index in [9.17, 15) is 17.2 Å². The van der Waals surface area contributed by atoms with Crippen LogP contribution in [-0.2, 0) is 10.0 Å². The van der Waals surface area contributed by atoms with Gasteiger partial charge in [-0.15, -0.1) is 0 Å². The molecule has 0 atom stereocenters. The van der Waals surface area contributed by atoms with Crippen molar-refractivity contribution in [1.82, 2.24) is 0 Å². The summed E-state index contributed by atoms with van der Waals surface area (Å²) in [6.07, 6.45) is 0. The minimum absolute atomic E-state index is 0.137. The van der Waals surface area contributed by atoms with Gasteiger partial charge in [-0.2, -0.15) is 0 Å². The van der Waals surface area contributed by atoms with Crippen molar-refractivity contribution in [3.05, 3.63) is 52.6 Å². The maximum Gasteiger partial charge on any atom is 0.267 e. The summed E-state index contributed by atoms with van der Waals surface area (Å²) in [4.78, 5) is -1.09. The van der Waals surface area contributed by atoms with Crippen LogP contribution in [0.3, 0.4) is 0 Å². The Morgan fingerprint density at radius 2 is 1.71 bits per heavy atom. The van der Waals surface area contributed by atoms with E-state index in [1.165, 1.54) is 6.07 Å². The highest BCUT2D eigenvalue weighted by Crippen LogP contribution is 2.27. The Bertz CT molecular complexity index is 787. The number of halogens is 3. The van der Waals surface area contributed by atoms with Gasteiger partial charge in [0, 0.05) is 10.7 Å². The number of nitrogens with one attached hydrogen (secondary N) is 1. The fourth-order valence-corrected chi connectivity index (χ4v) is 3.15. The molecule has 0 saturated heterocycles. The van der Waals surface area contributed by atoms with Crippen LogP contribution in [0.15, 0.2) is 35.2 Å². The average molecular weight is 333 g/mol. The molecular weight excluding hydrogens is 322 g/mol. The summed E-state index contributed by atoms with van der Waals surface area (Å²) in [7, 11) is -4.44. The van der Waals surface area contributed by atoms with Crippen molar-refractivity contribution in [1.29, 1.82) is 0 Å². The number of nitrogen functional groups attached to an aromatic ring is 1. The van der Waals surface area contributed by atoms with Crippen molar-refractivity contribution in [2.24, 2.45) is 0 Å². The molecule has 0 saturated carbocycles. The minimum atomic E-state index is -4.44. The molecule has 0 amide bonds. The van der Waals surface area contributed by atoms with Crippen molar-refractivity contribution in [3.8, 4) is 0 Å². The Morgan fingerprint density at radius 3 is 2.29 bits per heavy atom. The summed E-state index contributed by atoms with van der Waals surface area (Å²) in [5.74, 6) is -2.53. The van der Waals surface area contributed by atoms with E-state index in [0.29, 0.717) is 5.56 Å². The first-order valence-electron chi connectivity index (χ1n) is 5.74. The van der Waals surface area contributed by atoms with E-state index in [2.05, 4.69) is 4.72 Å². The molecule has 2 rings (SSSR count). The van der Waals surface area contributed by atoms with Crippen LogP contribution in [-0.4, -0.2) is 8.42 Å². The van der Waals surface area contributed by atoms with Crippen LogP contribution < -0.4 is 10.5 Å². The Morgan fingerprint density at radius 1 is 1.14 bits per heavy atom. The summed E-state index contributed by atoms with van der Waals surface area (Å²) in [5.41, 5.74) is 5.74. The number of anilines is 2. The van der Waals surface area contributed by atoms with E-state index in [1.807, 2.05) is 0 Å². The highest BCUT2D eigenvalue weighted by atomic mass is 35.5. The topological polar surface area (TPSA) is 72.2 Å². The maximum absolute atomic E-state index is 13.7. The van der Waals surface area contributed by atoms with E-state index in [4.69, 9.17) is 17.3 Å². The summed E-state index contributed by atoms with van der Waals surface area (Å²) in [6, 6.07) is 5.97. The standard InChI is InChI=1S/C13H11ClF2N2O2S/c1-7-2-3-8(14)4-12(7)18-21(19,20)13-10(15)5-9(17)6-11(13)16/h2-6,18H,17H2,1H3. The van der Waals surface area contributed by atoms with Gasteiger partial charge in [0.05, 0.1) is 5.69 Å².